The van der Waals surface area contributed by atoms with Crippen LogP contribution in [-0.4, -0.2) is 43.4 Å². The number of rotatable bonds is 7. The molecule has 1 saturated carbocycles. The maximum Gasteiger partial charge on any atom is 0.253 e. The number of ether oxygens (including phenoxy) is 2. The first-order valence-electron chi connectivity index (χ1n) is 12.0. The van der Waals surface area contributed by atoms with E-state index in [1.165, 1.54) is 4.90 Å². The van der Waals surface area contributed by atoms with Crippen LogP contribution in [-0.2, 0) is 10.2 Å². The summed E-state index contributed by atoms with van der Waals surface area (Å²) < 4.78 is 10.9. The molecule has 1 fully saturated rings. The van der Waals surface area contributed by atoms with E-state index in [-0.39, 0.29) is 24.4 Å². The number of ketones is 1. The van der Waals surface area contributed by atoms with Crippen LogP contribution in [0.1, 0.15) is 52.5 Å². The minimum absolute atomic E-state index is 0.00958. The largest absolute Gasteiger partial charge is 0.454 e. The zero-order valence-corrected chi connectivity index (χ0v) is 20.6. The highest BCUT2D eigenvalue weighted by molar-refractivity contribution is 6.05. The second kappa shape index (κ2) is 9.15. The van der Waals surface area contributed by atoms with Gasteiger partial charge in [0.1, 0.15) is 0 Å². The zero-order valence-electron chi connectivity index (χ0n) is 20.6. The zero-order chi connectivity index (χ0) is 25.4. The number of hydrogen-bond acceptors (Lipinski definition) is 5. The van der Waals surface area contributed by atoms with Crippen LogP contribution in [0.25, 0.3) is 11.1 Å². The van der Waals surface area contributed by atoms with E-state index in [1.54, 1.807) is 38.4 Å². The molecule has 36 heavy (non-hydrogen) atoms. The van der Waals surface area contributed by atoms with Crippen molar-refractivity contribution in [2.75, 3.05) is 26.2 Å². The molecule has 1 heterocycles. The molecule has 7 heteroatoms. The molecule has 0 radical (unpaired) electrons. The highest BCUT2D eigenvalue weighted by Gasteiger charge is 2.51. The standard InChI is InChI=1S/C29H28N2O5/c1-4-24(32)22-11-10-21(16-23(22)18-5-7-19(8-6-18)27(33)31(2)3)30-28(34)29(13-14-29)20-9-12-25-26(15-20)36-17-35-25/h5-12,15-16H,4,13-14,17H2,1-3H3,(H,30,34). The van der Waals surface area contributed by atoms with E-state index in [2.05, 4.69) is 5.32 Å². The maximum absolute atomic E-state index is 13.4. The second-order valence-electron chi connectivity index (χ2n) is 9.42. The smallest absolute Gasteiger partial charge is 0.253 e. The summed E-state index contributed by atoms with van der Waals surface area (Å²) in [5.41, 5.74) is 3.58. The second-order valence-corrected chi connectivity index (χ2v) is 9.42. The third kappa shape index (κ3) is 4.21. The Morgan fingerprint density at radius 1 is 0.917 bits per heavy atom. The molecule has 1 aliphatic carbocycles. The third-order valence-corrected chi connectivity index (χ3v) is 6.86. The van der Waals surface area contributed by atoms with Crippen LogP contribution in [0.2, 0.25) is 0 Å². The Hall–Kier alpha value is -4.13. The number of anilines is 1. The number of benzene rings is 3. The molecule has 0 aromatic heterocycles. The van der Waals surface area contributed by atoms with Gasteiger partial charge < -0.3 is 19.7 Å². The van der Waals surface area contributed by atoms with Crippen LogP contribution >= 0.6 is 0 Å². The first-order chi connectivity index (χ1) is 17.3. The van der Waals surface area contributed by atoms with Crippen molar-refractivity contribution in [1.29, 1.82) is 0 Å². The molecule has 1 aliphatic heterocycles. The van der Waals surface area contributed by atoms with Gasteiger partial charge >= 0.3 is 0 Å². The number of fused-ring (bicyclic) bond motifs is 1. The summed E-state index contributed by atoms with van der Waals surface area (Å²) in [5, 5.41) is 3.07. The van der Waals surface area contributed by atoms with Gasteiger partial charge in [0.05, 0.1) is 5.41 Å². The number of hydrogen-bond donors (Lipinski definition) is 1. The first-order valence-corrected chi connectivity index (χ1v) is 12.0. The summed E-state index contributed by atoms with van der Waals surface area (Å²) in [6.07, 6.45) is 1.86. The lowest BCUT2D eigenvalue weighted by molar-refractivity contribution is -0.118. The van der Waals surface area contributed by atoms with E-state index in [0.717, 1.165) is 29.5 Å². The van der Waals surface area contributed by atoms with E-state index in [1.807, 2.05) is 43.3 Å². The maximum atomic E-state index is 13.4. The number of amides is 2. The summed E-state index contributed by atoms with van der Waals surface area (Å²) in [5.74, 6) is 1.18. The fourth-order valence-corrected chi connectivity index (χ4v) is 4.56. The molecule has 0 spiro atoms. The molecular formula is C29H28N2O5. The molecular weight excluding hydrogens is 456 g/mol. The van der Waals surface area contributed by atoms with Gasteiger partial charge in [0.25, 0.3) is 5.91 Å². The summed E-state index contributed by atoms with van der Waals surface area (Å²) in [7, 11) is 3.41. The van der Waals surface area contributed by atoms with Crippen molar-refractivity contribution in [1.82, 2.24) is 4.90 Å². The fourth-order valence-electron chi connectivity index (χ4n) is 4.56. The number of carbonyl (C=O) groups is 3. The van der Waals surface area contributed by atoms with Gasteiger partial charge in [0.2, 0.25) is 12.7 Å². The van der Waals surface area contributed by atoms with E-state index in [9.17, 15) is 14.4 Å². The Balaban J connectivity index is 1.44. The summed E-state index contributed by atoms with van der Waals surface area (Å²) in [6.45, 7) is 2.01. The molecule has 1 N–H and O–H groups in total. The molecule has 184 valence electrons. The molecule has 3 aromatic carbocycles. The lowest BCUT2D eigenvalue weighted by Gasteiger charge is -2.18. The van der Waals surface area contributed by atoms with Crippen molar-refractivity contribution >= 4 is 23.3 Å². The average Bonchev–Trinajstić information content (AvgIpc) is 3.58. The van der Waals surface area contributed by atoms with Gasteiger partial charge in [-0.15, -0.1) is 0 Å². The molecule has 0 atom stereocenters. The molecule has 0 saturated heterocycles. The van der Waals surface area contributed by atoms with Gasteiger partial charge in [0.15, 0.2) is 17.3 Å². The summed E-state index contributed by atoms with van der Waals surface area (Å²) in [6, 6.07) is 18.2. The van der Waals surface area contributed by atoms with Gasteiger partial charge in [-0.3, -0.25) is 14.4 Å². The first kappa shape index (κ1) is 23.6. The minimum atomic E-state index is -0.604. The Labute approximate surface area is 210 Å². The van der Waals surface area contributed by atoms with Crippen LogP contribution in [0.5, 0.6) is 11.5 Å². The van der Waals surface area contributed by atoms with Gasteiger partial charge in [-0.1, -0.05) is 25.1 Å². The van der Waals surface area contributed by atoms with Gasteiger partial charge in [0, 0.05) is 37.3 Å². The number of nitrogens with zero attached hydrogens (tertiary/aromatic N) is 1. The summed E-state index contributed by atoms with van der Waals surface area (Å²) in [4.78, 5) is 39.9. The van der Waals surface area contributed by atoms with Gasteiger partial charge in [-0.05, 0) is 72.0 Å². The van der Waals surface area contributed by atoms with Crippen molar-refractivity contribution in [2.45, 2.75) is 31.6 Å². The van der Waals surface area contributed by atoms with Crippen molar-refractivity contribution in [3.05, 3.63) is 77.4 Å². The third-order valence-electron chi connectivity index (χ3n) is 6.86. The number of Topliss-reactive ketones (excluding diaryl/α,β-unsaturated/α-hetero) is 1. The van der Waals surface area contributed by atoms with Crippen molar-refractivity contribution in [3.8, 4) is 22.6 Å². The van der Waals surface area contributed by atoms with Gasteiger partial charge in [-0.2, -0.15) is 0 Å². The van der Waals surface area contributed by atoms with Crippen LogP contribution < -0.4 is 14.8 Å². The lowest BCUT2D eigenvalue weighted by atomic mass is 9.93. The quantitative estimate of drug-likeness (QED) is 0.475. The highest BCUT2D eigenvalue weighted by atomic mass is 16.7. The normalized spacial score (nSPS) is 14.8. The van der Waals surface area contributed by atoms with E-state index in [4.69, 9.17) is 9.47 Å². The van der Waals surface area contributed by atoms with E-state index < -0.39 is 5.41 Å². The molecule has 3 aromatic rings. The van der Waals surface area contributed by atoms with Crippen LogP contribution in [0.4, 0.5) is 5.69 Å². The van der Waals surface area contributed by atoms with Crippen LogP contribution in [0.15, 0.2) is 60.7 Å². The Morgan fingerprint density at radius 3 is 2.31 bits per heavy atom. The summed E-state index contributed by atoms with van der Waals surface area (Å²) >= 11 is 0. The lowest BCUT2D eigenvalue weighted by Crippen LogP contribution is -2.27. The Bertz CT molecular complexity index is 1360. The SMILES string of the molecule is CCC(=O)c1ccc(NC(=O)C2(c3ccc4c(c3)OCO4)CC2)cc1-c1ccc(C(=O)N(C)C)cc1. The minimum Gasteiger partial charge on any atom is -0.454 e. The van der Waals surface area contributed by atoms with Crippen LogP contribution in [0, 0.1) is 0 Å². The Kier molecular flexibility index (Phi) is 6.00. The van der Waals surface area contributed by atoms with Crippen molar-refractivity contribution < 1.29 is 23.9 Å². The monoisotopic (exact) mass is 484 g/mol. The molecule has 7 nitrogen and oxygen atoms in total. The molecule has 2 amide bonds. The molecule has 5 rings (SSSR count). The van der Waals surface area contributed by atoms with E-state index in [0.29, 0.717) is 34.7 Å². The predicted octanol–water partition coefficient (Wildman–Crippen LogP) is 5.05. The predicted molar refractivity (Wildman–Crippen MR) is 137 cm³/mol. The topological polar surface area (TPSA) is 84.9 Å². The molecule has 2 aliphatic rings. The molecule has 0 bridgehead atoms. The van der Waals surface area contributed by atoms with Gasteiger partial charge in [-0.25, -0.2) is 0 Å². The van der Waals surface area contributed by atoms with E-state index >= 15 is 0 Å². The fraction of sp³-hybridized carbons (Fsp3) is 0.276. The van der Waals surface area contributed by atoms with Crippen LogP contribution in [0.3, 0.4) is 0 Å². The molecule has 0 unspecified atom stereocenters. The number of nitrogens with one attached hydrogen (secondary N) is 1. The highest BCUT2D eigenvalue weighted by Crippen LogP contribution is 2.51. The van der Waals surface area contributed by atoms with Crippen molar-refractivity contribution in [3.63, 3.8) is 0 Å². The Morgan fingerprint density at radius 2 is 1.64 bits per heavy atom. The van der Waals surface area contributed by atoms with Crippen molar-refractivity contribution in [2.24, 2.45) is 0 Å². The average molecular weight is 485 g/mol. The number of carbonyl (C=O) groups excluding carboxylic acids is 3.